The van der Waals surface area contributed by atoms with Crippen molar-refractivity contribution in [1.29, 1.82) is 0 Å². The van der Waals surface area contributed by atoms with Gasteiger partial charge in [-0.15, -0.1) is 0 Å². The SMILES string of the molecule is CCOCCN(C)c1ncc(CNC(C)C)cc1Cl. The summed E-state index contributed by atoms with van der Waals surface area (Å²) < 4.78 is 5.33. The Balaban J connectivity index is 2.60. The van der Waals surface area contributed by atoms with Gasteiger partial charge in [0, 0.05) is 39.0 Å². The number of nitrogens with one attached hydrogen (secondary N) is 1. The third kappa shape index (κ3) is 5.76. The molecule has 0 aromatic carbocycles. The van der Waals surface area contributed by atoms with Gasteiger partial charge in [0.15, 0.2) is 0 Å². The van der Waals surface area contributed by atoms with Crippen LogP contribution < -0.4 is 10.2 Å². The van der Waals surface area contributed by atoms with Crippen molar-refractivity contribution in [3.05, 3.63) is 22.8 Å². The van der Waals surface area contributed by atoms with Gasteiger partial charge in [-0.1, -0.05) is 25.4 Å². The zero-order valence-corrected chi connectivity index (χ0v) is 13.0. The fraction of sp³-hybridized carbons (Fsp3) is 0.643. The third-order valence-corrected chi connectivity index (χ3v) is 3.01. The van der Waals surface area contributed by atoms with Crippen LogP contribution in [0.1, 0.15) is 26.3 Å². The normalized spacial score (nSPS) is 11.1. The first-order valence-electron chi connectivity index (χ1n) is 6.71. The van der Waals surface area contributed by atoms with E-state index in [1.807, 2.05) is 31.1 Å². The van der Waals surface area contributed by atoms with E-state index in [9.17, 15) is 0 Å². The van der Waals surface area contributed by atoms with Crippen LogP contribution in [0.25, 0.3) is 0 Å². The Bertz CT molecular complexity index is 385. The predicted octanol–water partition coefficient (Wildman–Crippen LogP) is 2.71. The average Bonchev–Trinajstić information content (AvgIpc) is 2.36. The lowest BCUT2D eigenvalue weighted by Crippen LogP contribution is -2.24. The molecule has 1 N–H and O–H groups in total. The summed E-state index contributed by atoms with van der Waals surface area (Å²) in [4.78, 5) is 6.44. The van der Waals surface area contributed by atoms with Crippen molar-refractivity contribution in [2.75, 3.05) is 31.7 Å². The van der Waals surface area contributed by atoms with Crippen molar-refractivity contribution < 1.29 is 4.74 Å². The summed E-state index contributed by atoms with van der Waals surface area (Å²) in [5.41, 5.74) is 1.10. The Kier molecular flexibility index (Phi) is 7.13. The summed E-state index contributed by atoms with van der Waals surface area (Å²) >= 11 is 6.28. The molecule has 1 heterocycles. The maximum Gasteiger partial charge on any atom is 0.147 e. The lowest BCUT2D eigenvalue weighted by atomic mass is 10.2. The van der Waals surface area contributed by atoms with Gasteiger partial charge >= 0.3 is 0 Å². The number of ether oxygens (including phenoxy) is 1. The van der Waals surface area contributed by atoms with Gasteiger partial charge in [-0.2, -0.15) is 0 Å². The maximum atomic E-state index is 6.28. The Morgan fingerprint density at radius 1 is 1.47 bits per heavy atom. The molecule has 0 fully saturated rings. The molecule has 0 unspecified atom stereocenters. The first kappa shape index (κ1) is 16.2. The van der Waals surface area contributed by atoms with E-state index in [1.54, 1.807) is 0 Å². The van der Waals surface area contributed by atoms with Gasteiger partial charge in [0.2, 0.25) is 0 Å². The fourth-order valence-corrected chi connectivity index (χ4v) is 1.95. The molecule has 1 rings (SSSR count). The first-order valence-corrected chi connectivity index (χ1v) is 7.09. The molecular weight excluding hydrogens is 262 g/mol. The first-order chi connectivity index (χ1) is 9.04. The number of rotatable bonds is 8. The number of nitrogens with zero attached hydrogens (tertiary/aromatic N) is 2. The standard InChI is InChI=1S/C14H24ClN3O/c1-5-19-7-6-18(4)14-13(15)8-12(10-17-14)9-16-11(2)3/h8,10-11,16H,5-7,9H2,1-4H3. The maximum absolute atomic E-state index is 6.28. The second kappa shape index (κ2) is 8.35. The lowest BCUT2D eigenvalue weighted by molar-refractivity contribution is 0.154. The molecule has 0 aliphatic rings. The van der Waals surface area contributed by atoms with Gasteiger partial charge in [-0.3, -0.25) is 0 Å². The van der Waals surface area contributed by atoms with E-state index in [-0.39, 0.29) is 0 Å². The Morgan fingerprint density at radius 3 is 2.79 bits per heavy atom. The molecule has 0 radical (unpaired) electrons. The number of hydrogen-bond acceptors (Lipinski definition) is 4. The van der Waals surface area contributed by atoms with Gasteiger partial charge < -0.3 is 15.0 Å². The largest absolute Gasteiger partial charge is 0.380 e. The second-order valence-electron chi connectivity index (χ2n) is 4.80. The summed E-state index contributed by atoms with van der Waals surface area (Å²) in [6, 6.07) is 2.42. The summed E-state index contributed by atoms with van der Waals surface area (Å²) in [5, 5.41) is 4.03. The highest BCUT2D eigenvalue weighted by Crippen LogP contribution is 2.23. The topological polar surface area (TPSA) is 37.4 Å². The lowest BCUT2D eigenvalue weighted by Gasteiger charge is -2.19. The minimum atomic E-state index is 0.451. The van der Waals surface area contributed by atoms with E-state index in [2.05, 4.69) is 24.1 Å². The van der Waals surface area contributed by atoms with Gasteiger partial charge in [0.1, 0.15) is 5.82 Å². The molecule has 0 aliphatic heterocycles. The molecule has 1 aromatic rings. The van der Waals surface area contributed by atoms with Gasteiger partial charge in [0.05, 0.1) is 11.6 Å². The predicted molar refractivity (Wildman–Crippen MR) is 81.0 cm³/mol. The van der Waals surface area contributed by atoms with E-state index >= 15 is 0 Å². The van der Waals surface area contributed by atoms with Crippen LogP contribution in [0.3, 0.4) is 0 Å². The van der Waals surface area contributed by atoms with Crippen molar-refractivity contribution >= 4 is 17.4 Å². The van der Waals surface area contributed by atoms with Crippen molar-refractivity contribution in [2.45, 2.75) is 33.4 Å². The van der Waals surface area contributed by atoms with Crippen molar-refractivity contribution in [3.63, 3.8) is 0 Å². The van der Waals surface area contributed by atoms with Gasteiger partial charge in [-0.25, -0.2) is 4.98 Å². The van der Waals surface area contributed by atoms with E-state index in [4.69, 9.17) is 16.3 Å². The minimum Gasteiger partial charge on any atom is -0.380 e. The highest BCUT2D eigenvalue weighted by Gasteiger charge is 2.08. The average molecular weight is 286 g/mol. The van der Waals surface area contributed by atoms with Crippen LogP contribution >= 0.6 is 11.6 Å². The van der Waals surface area contributed by atoms with E-state index in [1.165, 1.54) is 0 Å². The van der Waals surface area contributed by atoms with Gasteiger partial charge in [-0.05, 0) is 18.6 Å². The zero-order chi connectivity index (χ0) is 14.3. The Hall–Kier alpha value is -0.840. The molecule has 0 saturated heterocycles. The molecule has 19 heavy (non-hydrogen) atoms. The monoisotopic (exact) mass is 285 g/mol. The number of pyridine rings is 1. The molecule has 0 saturated carbocycles. The molecule has 0 aliphatic carbocycles. The highest BCUT2D eigenvalue weighted by atomic mass is 35.5. The minimum absolute atomic E-state index is 0.451. The van der Waals surface area contributed by atoms with Crippen LogP contribution in [-0.4, -0.2) is 37.8 Å². The van der Waals surface area contributed by atoms with Crippen LogP contribution in [0.15, 0.2) is 12.3 Å². The number of halogens is 1. The number of likely N-dealkylation sites (N-methyl/N-ethyl adjacent to an activating group) is 1. The van der Waals surface area contributed by atoms with Gasteiger partial charge in [0.25, 0.3) is 0 Å². The van der Waals surface area contributed by atoms with Crippen molar-refractivity contribution in [2.24, 2.45) is 0 Å². The third-order valence-electron chi connectivity index (χ3n) is 2.73. The number of anilines is 1. The summed E-state index contributed by atoms with van der Waals surface area (Å²) in [6.07, 6.45) is 1.87. The van der Waals surface area contributed by atoms with Crippen LogP contribution in [0.5, 0.6) is 0 Å². The molecule has 0 atom stereocenters. The fourth-order valence-electron chi connectivity index (χ4n) is 1.62. The quantitative estimate of drug-likeness (QED) is 0.745. The summed E-state index contributed by atoms with van der Waals surface area (Å²) in [7, 11) is 1.97. The van der Waals surface area contributed by atoms with E-state index in [0.29, 0.717) is 17.7 Å². The van der Waals surface area contributed by atoms with Crippen LogP contribution in [0.2, 0.25) is 5.02 Å². The van der Waals surface area contributed by atoms with E-state index in [0.717, 1.165) is 31.1 Å². The second-order valence-corrected chi connectivity index (χ2v) is 5.21. The smallest absolute Gasteiger partial charge is 0.147 e. The molecule has 0 spiro atoms. The molecular formula is C14H24ClN3O. The summed E-state index contributed by atoms with van der Waals surface area (Å²) in [6.45, 7) is 9.20. The van der Waals surface area contributed by atoms with Crippen LogP contribution in [0.4, 0.5) is 5.82 Å². The Labute approximate surface area is 121 Å². The molecule has 108 valence electrons. The van der Waals surface area contributed by atoms with Crippen molar-refractivity contribution in [3.8, 4) is 0 Å². The highest BCUT2D eigenvalue weighted by molar-refractivity contribution is 6.33. The van der Waals surface area contributed by atoms with Crippen LogP contribution in [-0.2, 0) is 11.3 Å². The molecule has 1 aromatic heterocycles. The Morgan fingerprint density at radius 2 is 2.21 bits per heavy atom. The van der Waals surface area contributed by atoms with Crippen molar-refractivity contribution in [1.82, 2.24) is 10.3 Å². The number of hydrogen-bond donors (Lipinski definition) is 1. The zero-order valence-electron chi connectivity index (χ0n) is 12.2. The summed E-state index contributed by atoms with van der Waals surface area (Å²) in [5.74, 6) is 0.801. The molecule has 4 nitrogen and oxygen atoms in total. The molecule has 0 amide bonds. The van der Waals surface area contributed by atoms with E-state index < -0.39 is 0 Å². The van der Waals surface area contributed by atoms with Crippen LogP contribution in [0, 0.1) is 0 Å². The molecule has 5 heteroatoms. The molecule has 0 bridgehead atoms. The number of aromatic nitrogens is 1.